The topological polar surface area (TPSA) is 115 Å². The van der Waals surface area contributed by atoms with Gasteiger partial charge in [0.1, 0.15) is 0 Å². The lowest BCUT2D eigenvalue weighted by Crippen LogP contribution is -2.69. The zero-order valence-electron chi connectivity index (χ0n) is 22.7. The fourth-order valence-corrected chi connectivity index (χ4v) is 10.5. The number of carboxylic acids is 2. The van der Waals surface area contributed by atoms with E-state index in [2.05, 4.69) is 46.8 Å². The number of rotatable bonds is 2. The average Bonchev–Trinajstić information content (AvgIpc) is 2.80. The highest BCUT2D eigenvalue weighted by Crippen LogP contribution is 2.75. The van der Waals surface area contributed by atoms with E-state index < -0.39 is 40.4 Å². The number of allylic oxidation sites excluding steroid dienone is 4. The molecule has 0 aromatic heterocycles. The maximum atomic E-state index is 12.8. The quantitative estimate of drug-likeness (QED) is 0.395. The third-order valence-electron chi connectivity index (χ3n) is 13.0. The average molecular weight is 501 g/mol. The summed E-state index contributed by atoms with van der Waals surface area (Å²) in [6.45, 7) is 12.8. The molecule has 5 rings (SSSR count). The molecule has 5 aliphatic rings. The molecule has 0 aliphatic heterocycles. The van der Waals surface area contributed by atoms with Gasteiger partial charge in [-0.05, 0) is 92.8 Å². The standard InChI is InChI=1S/C30H44O6/c1-16-9-12-30(25(35)36)14-13-27(4)18(22(30)17(16)2)7-8-20-26(3)15-19(31)23(32)29(6,24(33)34)21(26)10-11-28(20,27)5/h7,9,17,19-23,31-32H,8,10-15H2,1-6H3,(H,33,34)(H,35,36)/t17-,19+,20+,21+,22-,23-,26+,27+,28+,29+,30-/m0/s1. The van der Waals surface area contributed by atoms with E-state index in [1.54, 1.807) is 6.92 Å². The van der Waals surface area contributed by atoms with Crippen LogP contribution in [0.5, 0.6) is 0 Å². The van der Waals surface area contributed by atoms with Crippen LogP contribution in [-0.2, 0) is 9.59 Å². The summed E-state index contributed by atoms with van der Waals surface area (Å²) >= 11 is 0. The Kier molecular flexibility index (Phi) is 5.55. The van der Waals surface area contributed by atoms with E-state index in [4.69, 9.17) is 0 Å². The van der Waals surface area contributed by atoms with Crippen molar-refractivity contribution >= 4 is 11.9 Å². The lowest BCUT2D eigenvalue weighted by Gasteiger charge is -2.71. The van der Waals surface area contributed by atoms with Crippen LogP contribution in [0.25, 0.3) is 0 Å². The van der Waals surface area contributed by atoms with E-state index in [1.165, 1.54) is 11.1 Å². The van der Waals surface area contributed by atoms with E-state index in [9.17, 15) is 30.0 Å². The van der Waals surface area contributed by atoms with Crippen LogP contribution < -0.4 is 0 Å². The number of hydrogen-bond donors (Lipinski definition) is 4. The first kappa shape index (κ1) is 26.0. The predicted octanol–water partition coefficient (Wildman–Crippen LogP) is 5.05. The maximum Gasteiger partial charge on any atom is 0.312 e. The Bertz CT molecular complexity index is 1060. The number of aliphatic carboxylic acids is 2. The van der Waals surface area contributed by atoms with Crippen LogP contribution in [-0.4, -0.2) is 44.6 Å². The number of fused-ring (bicyclic) bond motifs is 7. The third kappa shape index (κ3) is 2.81. The van der Waals surface area contributed by atoms with Gasteiger partial charge in [0.25, 0.3) is 0 Å². The summed E-state index contributed by atoms with van der Waals surface area (Å²) in [5.41, 5.74) is -0.381. The van der Waals surface area contributed by atoms with E-state index >= 15 is 0 Å². The number of carboxylic acid groups (broad SMARTS) is 2. The third-order valence-corrected chi connectivity index (χ3v) is 13.0. The van der Waals surface area contributed by atoms with Gasteiger partial charge in [-0.3, -0.25) is 9.59 Å². The van der Waals surface area contributed by atoms with Crippen molar-refractivity contribution < 1.29 is 30.0 Å². The van der Waals surface area contributed by atoms with Crippen LogP contribution in [0, 0.1) is 50.7 Å². The van der Waals surface area contributed by atoms with Gasteiger partial charge < -0.3 is 20.4 Å². The minimum atomic E-state index is -1.40. The van der Waals surface area contributed by atoms with Crippen LogP contribution in [0.2, 0.25) is 0 Å². The Morgan fingerprint density at radius 3 is 2.22 bits per heavy atom. The normalized spacial score (nSPS) is 54.1. The van der Waals surface area contributed by atoms with E-state index in [1.807, 2.05) is 0 Å². The van der Waals surface area contributed by atoms with Crippen LogP contribution in [0.3, 0.4) is 0 Å². The molecule has 0 aromatic rings. The molecule has 0 spiro atoms. The number of hydrogen-bond acceptors (Lipinski definition) is 4. The number of carbonyl (C=O) groups is 2. The highest BCUT2D eigenvalue weighted by atomic mass is 16.4. The highest BCUT2D eigenvalue weighted by Gasteiger charge is 2.71. The molecule has 4 N–H and O–H groups in total. The van der Waals surface area contributed by atoms with E-state index in [-0.39, 0.29) is 34.5 Å². The van der Waals surface area contributed by atoms with E-state index in [0.29, 0.717) is 25.7 Å². The molecule has 0 amide bonds. The van der Waals surface area contributed by atoms with Gasteiger partial charge in [-0.25, -0.2) is 0 Å². The molecule has 0 aromatic carbocycles. The smallest absolute Gasteiger partial charge is 0.312 e. The second kappa shape index (κ2) is 7.69. The van der Waals surface area contributed by atoms with Crippen LogP contribution >= 0.6 is 0 Å². The molecular weight excluding hydrogens is 456 g/mol. The zero-order valence-corrected chi connectivity index (χ0v) is 22.7. The van der Waals surface area contributed by atoms with Crippen molar-refractivity contribution in [3.8, 4) is 0 Å². The van der Waals surface area contributed by atoms with Gasteiger partial charge in [-0.2, -0.15) is 0 Å². The Morgan fingerprint density at radius 2 is 1.61 bits per heavy atom. The first-order valence-corrected chi connectivity index (χ1v) is 13.8. The molecule has 3 saturated carbocycles. The van der Waals surface area contributed by atoms with Crippen LogP contribution in [0.1, 0.15) is 86.5 Å². The van der Waals surface area contributed by atoms with Crippen molar-refractivity contribution in [1.82, 2.24) is 0 Å². The molecule has 0 heterocycles. The predicted molar refractivity (Wildman–Crippen MR) is 136 cm³/mol. The maximum absolute atomic E-state index is 12.8. The van der Waals surface area contributed by atoms with Crippen molar-refractivity contribution in [2.75, 3.05) is 0 Å². The van der Waals surface area contributed by atoms with Crippen molar-refractivity contribution in [2.45, 2.75) is 98.7 Å². The molecule has 36 heavy (non-hydrogen) atoms. The Hall–Kier alpha value is -1.66. The summed E-state index contributed by atoms with van der Waals surface area (Å²) in [4.78, 5) is 25.3. The summed E-state index contributed by atoms with van der Waals surface area (Å²) < 4.78 is 0. The molecule has 0 radical (unpaired) electrons. The summed E-state index contributed by atoms with van der Waals surface area (Å²) in [7, 11) is 0. The molecule has 0 saturated heterocycles. The van der Waals surface area contributed by atoms with Crippen molar-refractivity contribution in [1.29, 1.82) is 0 Å². The highest BCUT2D eigenvalue weighted by molar-refractivity contribution is 5.77. The van der Waals surface area contributed by atoms with Crippen molar-refractivity contribution in [2.24, 2.45) is 50.7 Å². The van der Waals surface area contributed by atoms with Crippen LogP contribution in [0.4, 0.5) is 0 Å². The summed E-state index contributed by atoms with van der Waals surface area (Å²) in [6.07, 6.45) is 6.80. The van der Waals surface area contributed by atoms with Gasteiger partial charge in [0.05, 0.1) is 23.0 Å². The zero-order chi connectivity index (χ0) is 26.6. The second-order valence-electron chi connectivity index (χ2n) is 14.0. The molecule has 6 nitrogen and oxygen atoms in total. The molecule has 5 aliphatic carbocycles. The molecule has 6 heteroatoms. The van der Waals surface area contributed by atoms with Crippen LogP contribution in [0.15, 0.2) is 23.3 Å². The summed E-state index contributed by atoms with van der Waals surface area (Å²) in [5, 5.41) is 42.6. The Morgan fingerprint density at radius 1 is 0.944 bits per heavy atom. The second-order valence-corrected chi connectivity index (χ2v) is 14.0. The van der Waals surface area contributed by atoms with Gasteiger partial charge in [-0.1, -0.05) is 51.0 Å². The van der Waals surface area contributed by atoms with Gasteiger partial charge in [0.2, 0.25) is 0 Å². The minimum Gasteiger partial charge on any atom is -0.481 e. The molecular formula is C30H44O6. The fourth-order valence-electron chi connectivity index (χ4n) is 10.5. The largest absolute Gasteiger partial charge is 0.481 e. The lowest BCUT2D eigenvalue weighted by atomic mass is 9.33. The van der Waals surface area contributed by atoms with Gasteiger partial charge >= 0.3 is 11.9 Å². The van der Waals surface area contributed by atoms with Gasteiger partial charge in [0.15, 0.2) is 0 Å². The lowest BCUT2D eigenvalue weighted by molar-refractivity contribution is -0.239. The molecule has 11 atom stereocenters. The van der Waals surface area contributed by atoms with E-state index in [0.717, 1.165) is 19.3 Å². The first-order valence-electron chi connectivity index (χ1n) is 13.8. The summed E-state index contributed by atoms with van der Waals surface area (Å²) in [5.74, 6) is -1.69. The summed E-state index contributed by atoms with van der Waals surface area (Å²) in [6, 6.07) is 0. The molecule has 0 unspecified atom stereocenters. The minimum absolute atomic E-state index is 0.0369. The Labute approximate surface area is 214 Å². The molecule has 0 bridgehead atoms. The number of aliphatic hydroxyl groups is 2. The monoisotopic (exact) mass is 500 g/mol. The van der Waals surface area contributed by atoms with Crippen molar-refractivity contribution in [3.63, 3.8) is 0 Å². The number of aliphatic hydroxyl groups excluding tert-OH is 2. The fraction of sp³-hybridized carbons (Fsp3) is 0.800. The van der Waals surface area contributed by atoms with Gasteiger partial charge in [0, 0.05) is 5.92 Å². The first-order chi connectivity index (χ1) is 16.6. The Balaban J connectivity index is 1.64. The van der Waals surface area contributed by atoms with Gasteiger partial charge in [-0.15, -0.1) is 0 Å². The molecule has 3 fully saturated rings. The van der Waals surface area contributed by atoms with Crippen molar-refractivity contribution in [3.05, 3.63) is 23.3 Å². The molecule has 200 valence electrons. The SMILES string of the molecule is CC1=CC[C@]2(C(=O)O)CC[C@]3(C)C(=CC[C@@H]4[C@@]5(C)C[C@@H](O)[C@H](O)[C@](C)(C(=O)O)[C@@H]5CC[C@]43C)[C@@H]2[C@H]1C.